The van der Waals surface area contributed by atoms with Crippen molar-refractivity contribution in [2.45, 2.75) is 0 Å². The number of carbonyl (C=O) groups is 1. The van der Waals surface area contributed by atoms with Crippen LogP contribution in [0.4, 0.5) is 5.82 Å². The Labute approximate surface area is 80.1 Å². The van der Waals surface area contributed by atoms with E-state index in [0.29, 0.717) is 11.7 Å². The fourth-order valence-corrected chi connectivity index (χ4v) is 0.763. The van der Waals surface area contributed by atoms with E-state index in [0.717, 1.165) is 0 Å². The maximum atomic E-state index is 10.8. The van der Waals surface area contributed by atoms with Crippen LogP contribution >= 0.6 is 11.6 Å². The fourth-order valence-electron chi connectivity index (χ4n) is 0.696. The first kappa shape index (κ1) is 9.73. The van der Waals surface area contributed by atoms with Crippen molar-refractivity contribution in [3.05, 3.63) is 12.4 Å². The first-order valence-electron chi connectivity index (χ1n) is 3.48. The molecule has 0 fully saturated rings. The van der Waals surface area contributed by atoms with Crippen molar-refractivity contribution < 1.29 is 9.53 Å². The first-order chi connectivity index (χ1) is 6.26. The van der Waals surface area contributed by atoms with Crippen molar-refractivity contribution in [2.24, 2.45) is 0 Å². The molecule has 1 heterocycles. The molecule has 0 radical (unpaired) electrons. The monoisotopic (exact) mass is 201 g/mol. The van der Waals surface area contributed by atoms with Gasteiger partial charge in [-0.05, 0) is 0 Å². The van der Waals surface area contributed by atoms with Crippen molar-refractivity contribution in [1.82, 2.24) is 9.97 Å². The molecule has 0 aliphatic rings. The summed E-state index contributed by atoms with van der Waals surface area (Å²) in [7, 11) is 1.48. The number of carbonyl (C=O) groups excluding carboxylic acids is 1. The van der Waals surface area contributed by atoms with E-state index >= 15 is 0 Å². The molecule has 1 N–H and O–H groups in total. The van der Waals surface area contributed by atoms with Crippen molar-refractivity contribution in [3.63, 3.8) is 0 Å². The van der Waals surface area contributed by atoms with Crippen LogP contribution in [0.3, 0.4) is 0 Å². The molecule has 0 spiro atoms. The lowest BCUT2D eigenvalue weighted by Crippen LogP contribution is -2.13. The Balaban J connectivity index is 2.71. The highest BCUT2D eigenvalue weighted by Crippen LogP contribution is 2.09. The molecule has 1 amide bonds. The summed E-state index contributed by atoms with van der Waals surface area (Å²) >= 11 is 5.29. The van der Waals surface area contributed by atoms with E-state index < -0.39 is 0 Å². The Hall–Kier alpha value is -1.36. The van der Waals surface area contributed by atoms with Crippen LogP contribution in [0.15, 0.2) is 12.4 Å². The third-order valence-corrected chi connectivity index (χ3v) is 1.48. The SMILES string of the molecule is COc1cc(NC(=O)CCl)ncn1. The van der Waals surface area contributed by atoms with Gasteiger partial charge >= 0.3 is 0 Å². The molecule has 0 atom stereocenters. The summed E-state index contributed by atoms with van der Waals surface area (Å²) in [4.78, 5) is 18.4. The lowest BCUT2D eigenvalue weighted by Gasteiger charge is -2.02. The second kappa shape index (κ2) is 4.61. The quantitative estimate of drug-likeness (QED) is 0.730. The number of aromatic nitrogens is 2. The Morgan fingerprint density at radius 3 is 3.08 bits per heavy atom. The minimum Gasteiger partial charge on any atom is -0.481 e. The maximum absolute atomic E-state index is 10.8. The molecule has 0 saturated heterocycles. The molecule has 1 aromatic rings. The average Bonchev–Trinajstić information content (AvgIpc) is 2.18. The fraction of sp³-hybridized carbons (Fsp3) is 0.286. The van der Waals surface area contributed by atoms with Gasteiger partial charge in [0, 0.05) is 6.07 Å². The Morgan fingerprint density at radius 1 is 1.69 bits per heavy atom. The zero-order valence-corrected chi connectivity index (χ0v) is 7.71. The Bertz CT molecular complexity index is 306. The molecule has 70 valence electrons. The van der Waals surface area contributed by atoms with E-state index in [9.17, 15) is 4.79 Å². The van der Waals surface area contributed by atoms with Gasteiger partial charge in [0.2, 0.25) is 11.8 Å². The molecule has 1 aromatic heterocycles. The number of ether oxygens (including phenoxy) is 1. The Morgan fingerprint density at radius 2 is 2.46 bits per heavy atom. The van der Waals surface area contributed by atoms with Gasteiger partial charge in [-0.3, -0.25) is 4.79 Å². The standard InChI is InChI=1S/C7H8ClN3O2/c1-13-7-2-5(9-4-10-7)11-6(12)3-8/h2,4H,3H2,1H3,(H,9,10,11,12). The van der Waals surface area contributed by atoms with Crippen LogP contribution in [0.1, 0.15) is 0 Å². The Kier molecular flexibility index (Phi) is 3.45. The van der Waals surface area contributed by atoms with Gasteiger partial charge in [0.05, 0.1) is 7.11 Å². The van der Waals surface area contributed by atoms with Crippen LogP contribution in [0.5, 0.6) is 5.88 Å². The first-order valence-corrected chi connectivity index (χ1v) is 4.01. The van der Waals surface area contributed by atoms with Crippen LogP contribution in [-0.2, 0) is 4.79 Å². The van der Waals surface area contributed by atoms with Crippen LogP contribution in [0.25, 0.3) is 0 Å². The molecule has 0 saturated carbocycles. The predicted octanol–water partition coefficient (Wildman–Crippen LogP) is 0.662. The summed E-state index contributed by atoms with van der Waals surface area (Å²) in [5, 5.41) is 2.46. The number of amides is 1. The number of methoxy groups -OCH3 is 1. The van der Waals surface area contributed by atoms with E-state index in [1.165, 1.54) is 19.5 Å². The minimum absolute atomic E-state index is 0.105. The van der Waals surface area contributed by atoms with Gasteiger partial charge in [-0.1, -0.05) is 0 Å². The second-order valence-corrected chi connectivity index (χ2v) is 2.39. The number of hydrogen-bond acceptors (Lipinski definition) is 4. The molecule has 1 rings (SSSR count). The van der Waals surface area contributed by atoms with Crippen molar-refractivity contribution in [2.75, 3.05) is 18.3 Å². The zero-order chi connectivity index (χ0) is 9.68. The van der Waals surface area contributed by atoms with E-state index in [2.05, 4.69) is 15.3 Å². The third-order valence-electron chi connectivity index (χ3n) is 1.24. The van der Waals surface area contributed by atoms with Crippen LogP contribution in [0, 0.1) is 0 Å². The summed E-state index contributed by atoms with van der Waals surface area (Å²) in [5.41, 5.74) is 0. The zero-order valence-electron chi connectivity index (χ0n) is 6.95. The van der Waals surface area contributed by atoms with Crippen LogP contribution in [-0.4, -0.2) is 28.9 Å². The van der Waals surface area contributed by atoms with Crippen LogP contribution < -0.4 is 10.1 Å². The molecule has 0 unspecified atom stereocenters. The molecule has 0 bridgehead atoms. The summed E-state index contributed by atoms with van der Waals surface area (Å²) in [6.45, 7) is 0. The summed E-state index contributed by atoms with van der Waals surface area (Å²) < 4.78 is 4.83. The average molecular weight is 202 g/mol. The highest BCUT2D eigenvalue weighted by Gasteiger charge is 2.02. The highest BCUT2D eigenvalue weighted by atomic mass is 35.5. The summed E-state index contributed by atoms with van der Waals surface area (Å²) in [5.74, 6) is 0.339. The van der Waals surface area contributed by atoms with Gasteiger partial charge in [0.15, 0.2) is 0 Å². The second-order valence-electron chi connectivity index (χ2n) is 2.13. The molecule has 6 heteroatoms. The van der Waals surface area contributed by atoms with Gasteiger partial charge in [-0.25, -0.2) is 9.97 Å². The number of anilines is 1. The molecular formula is C7H8ClN3O2. The van der Waals surface area contributed by atoms with Crippen LogP contribution in [0.2, 0.25) is 0 Å². The highest BCUT2D eigenvalue weighted by molar-refractivity contribution is 6.28. The van der Waals surface area contributed by atoms with E-state index in [-0.39, 0.29) is 11.8 Å². The van der Waals surface area contributed by atoms with Crippen molar-refractivity contribution in [1.29, 1.82) is 0 Å². The molecule has 5 nitrogen and oxygen atoms in total. The van der Waals surface area contributed by atoms with Gasteiger partial charge in [0.1, 0.15) is 18.0 Å². The van der Waals surface area contributed by atoms with E-state index in [1.807, 2.05) is 0 Å². The normalized spacial score (nSPS) is 9.38. The number of halogens is 1. The van der Waals surface area contributed by atoms with E-state index in [4.69, 9.17) is 16.3 Å². The van der Waals surface area contributed by atoms with E-state index in [1.54, 1.807) is 0 Å². The molecule has 0 aliphatic carbocycles. The maximum Gasteiger partial charge on any atom is 0.240 e. The smallest absolute Gasteiger partial charge is 0.240 e. The van der Waals surface area contributed by atoms with Crippen molar-refractivity contribution in [3.8, 4) is 5.88 Å². The van der Waals surface area contributed by atoms with Gasteiger partial charge < -0.3 is 10.1 Å². The van der Waals surface area contributed by atoms with Gasteiger partial charge in [0.25, 0.3) is 0 Å². The lowest BCUT2D eigenvalue weighted by molar-refractivity contribution is -0.113. The molecule has 0 aliphatic heterocycles. The third kappa shape index (κ3) is 2.87. The molecule has 0 aromatic carbocycles. The lowest BCUT2D eigenvalue weighted by atomic mass is 10.5. The number of nitrogens with zero attached hydrogens (tertiary/aromatic N) is 2. The minimum atomic E-state index is -0.317. The summed E-state index contributed by atoms with van der Waals surface area (Å²) in [6.07, 6.45) is 1.29. The van der Waals surface area contributed by atoms with Gasteiger partial charge in [-0.2, -0.15) is 0 Å². The molecule has 13 heavy (non-hydrogen) atoms. The number of rotatable bonds is 3. The van der Waals surface area contributed by atoms with Crippen molar-refractivity contribution >= 4 is 23.3 Å². The number of hydrogen-bond donors (Lipinski definition) is 1. The largest absolute Gasteiger partial charge is 0.481 e. The number of nitrogens with one attached hydrogen (secondary N) is 1. The number of alkyl halides is 1. The summed E-state index contributed by atoms with van der Waals surface area (Å²) in [6, 6.07) is 1.50. The van der Waals surface area contributed by atoms with Gasteiger partial charge in [-0.15, -0.1) is 11.6 Å². The predicted molar refractivity (Wildman–Crippen MR) is 47.9 cm³/mol. The topological polar surface area (TPSA) is 64.1 Å². The molecular weight excluding hydrogens is 194 g/mol.